The number of aryl methyl sites for hydroxylation is 2. The summed E-state index contributed by atoms with van der Waals surface area (Å²) in [5, 5.41) is 14.7. The van der Waals surface area contributed by atoms with E-state index in [1.165, 1.54) is 24.8 Å². The Morgan fingerprint density at radius 3 is 2.30 bits per heavy atom. The maximum Gasteiger partial charge on any atom is 0.420 e. The molecule has 0 bridgehead atoms. The van der Waals surface area contributed by atoms with Gasteiger partial charge in [0.2, 0.25) is 23.6 Å². The standard InChI is InChI=1S/C49H56F4N8O7S2/c1-29-34(61-46(69)60(45(65)48(61,6)7)35-17-16-33(25-54)39(40(35)50)49(51,52)53)18-19-38(57-29)68-22-9-8-21-66-23-24-67-27-37(62)58-42(47(3,4)5)44(64)59-20-10-11-36(59)43(63)55-26-31-12-14-32(15-13-31)41-30(2)56-28-70-41/h12-19,28,36,42H,8-11,20-24,26-27H2,1-7H3,(H,55,63)(H,58,62)/t36-,42?/m0/s1. The van der Waals surface area contributed by atoms with Gasteiger partial charge >= 0.3 is 6.18 Å². The number of halogens is 4. The van der Waals surface area contributed by atoms with Crippen LogP contribution in [0.25, 0.3) is 10.4 Å². The van der Waals surface area contributed by atoms with Gasteiger partial charge in [0.05, 0.1) is 64.6 Å². The van der Waals surface area contributed by atoms with Gasteiger partial charge < -0.3 is 34.6 Å². The zero-order valence-corrected chi connectivity index (χ0v) is 41.6. The van der Waals surface area contributed by atoms with Gasteiger partial charge in [-0.1, -0.05) is 45.0 Å². The van der Waals surface area contributed by atoms with E-state index in [4.69, 9.17) is 26.4 Å². The number of pyridine rings is 1. The van der Waals surface area contributed by atoms with E-state index in [9.17, 15) is 37.6 Å². The number of nitrogens with one attached hydrogen (secondary N) is 2. The molecule has 2 aromatic carbocycles. The van der Waals surface area contributed by atoms with Crippen molar-refractivity contribution in [2.24, 2.45) is 5.41 Å². The van der Waals surface area contributed by atoms with Gasteiger partial charge in [-0.3, -0.25) is 24.1 Å². The zero-order chi connectivity index (χ0) is 51.1. The molecule has 4 heterocycles. The third-order valence-electron chi connectivity index (χ3n) is 11.9. The number of thiocarbonyl (C=S) groups is 1. The maximum atomic E-state index is 15.4. The van der Waals surface area contributed by atoms with Crippen LogP contribution in [0.1, 0.15) is 88.4 Å². The number of likely N-dealkylation sites (tertiary alicyclic amines) is 1. The summed E-state index contributed by atoms with van der Waals surface area (Å²) in [7, 11) is 0. The maximum absolute atomic E-state index is 15.4. The van der Waals surface area contributed by atoms with Crippen LogP contribution in [0.3, 0.4) is 0 Å². The van der Waals surface area contributed by atoms with Crippen molar-refractivity contribution in [3.63, 3.8) is 0 Å². The molecular formula is C49H56F4N8O7S2. The molecule has 6 rings (SSSR count). The first-order chi connectivity index (χ1) is 33.1. The molecule has 2 atom stereocenters. The van der Waals surface area contributed by atoms with Crippen molar-refractivity contribution < 1.29 is 51.0 Å². The first-order valence-electron chi connectivity index (χ1n) is 22.7. The van der Waals surface area contributed by atoms with Crippen molar-refractivity contribution in [2.45, 2.75) is 104 Å². The van der Waals surface area contributed by atoms with Crippen LogP contribution in [0.5, 0.6) is 5.88 Å². The highest BCUT2D eigenvalue weighted by molar-refractivity contribution is 7.81. The van der Waals surface area contributed by atoms with Gasteiger partial charge in [0, 0.05) is 25.8 Å². The number of carbonyl (C=O) groups excluding carboxylic acids is 4. The Hall–Kier alpha value is -6.08. The van der Waals surface area contributed by atoms with Crippen molar-refractivity contribution in [2.75, 3.05) is 49.4 Å². The second-order valence-electron chi connectivity index (χ2n) is 18.5. The Labute approximate surface area is 413 Å². The second kappa shape index (κ2) is 22.3. The molecule has 0 aliphatic carbocycles. The lowest BCUT2D eigenvalue weighted by Crippen LogP contribution is -2.58. The number of nitriles is 1. The second-order valence-corrected chi connectivity index (χ2v) is 19.7. The smallest absolute Gasteiger partial charge is 0.420 e. The Morgan fingerprint density at radius 1 is 0.971 bits per heavy atom. The van der Waals surface area contributed by atoms with Crippen LogP contribution >= 0.6 is 23.6 Å². The minimum atomic E-state index is -5.20. The lowest BCUT2D eigenvalue weighted by atomic mass is 9.85. The normalized spacial score (nSPS) is 16.4. The molecule has 0 radical (unpaired) electrons. The molecule has 2 saturated heterocycles. The molecule has 2 aliphatic heterocycles. The third kappa shape index (κ3) is 12.1. The van der Waals surface area contributed by atoms with Crippen LogP contribution in [0.4, 0.5) is 28.9 Å². The van der Waals surface area contributed by atoms with E-state index in [0.29, 0.717) is 61.7 Å². The van der Waals surface area contributed by atoms with Crippen LogP contribution in [-0.2, 0) is 41.4 Å². The van der Waals surface area contributed by atoms with E-state index in [0.717, 1.165) is 33.8 Å². The van der Waals surface area contributed by atoms with Crippen molar-refractivity contribution in [3.8, 4) is 22.4 Å². The molecule has 4 aromatic rings. The summed E-state index contributed by atoms with van der Waals surface area (Å²) < 4.78 is 73.8. The summed E-state index contributed by atoms with van der Waals surface area (Å²) in [5.74, 6) is -3.33. The average molecular weight is 1010 g/mol. The first kappa shape index (κ1) is 53.3. The number of nitrogens with zero attached hydrogens (tertiary/aromatic N) is 6. The predicted octanol–water partition coefficient (Wildman–Crippen LogP) is 7.80. The van der Waals surface area contributed by atoms with Gasteiger partial charge in [-0.05, 0) is 100 Å². The highest BCUT2D eigenvalue weighted by atomic mass is 32.1. The number of thiazole rings is 1. The third-order valence-corrected chi connectivity index (χ3v) is 13.3. The summed E-state index contributed by atoms with van der Waals surface area (Å²) in [5.41, 5.74) is -0.0352. The number of amides is 4. The molecule has 70 heavy (non-hydrogen) atoms. The Morgan fingerprint density at radius 2 is 1.66 bits per heavy atom. The summed E-state index contributed by atoms with van der Waals surface area (Å²) in [6.07, 6.45) is -2.80. The lowest BCUT2D eigenvalue weighted by molar-refractivity contribution is -0.144. The SMILES string of the molecule is Cc1nc(OCCCCOCCOCC(=O)NC(C(=O)N2CCC[C@H]2C(=O)NCc2ccc(-c3scnc3C)cc2)C(C)(C)C)ccc1N1C(=S)N(c2ccc(C#N)c(C(F)(F)F)c2F)C(=O)C1(C)C. The monoisotopic (exact) mass is 1010 g/mol. The fourth-order valence-corrected chi connectivity index (χ4v) is 9.53. The number of unbranched alkanes of at least 4 members (excludes halogenated alkanes) is 1. The Bertz CT molecular complexity index is 2630. The largest absolute Gasteiger partial charge is 0.478 e. The minimum Gasteiger partial charge on any atom is -0.478 e. The number of carbonyl (C=O) groups is 4. The van der Waals surface area contributed by atoms with E-state index in [2.05, 4.69) is 20.6 Å². The molecule has 2 aromatic heterocycles. The molecule has 2 N–H and O–H groups in total. The molecule has 4 amide bonds. The molecule has 1 unspecified atom stereocenters. The number of benzene rings is 2. The average Bonchev–Trinajstić information content (AvgIpc) is 4.01. The van der Waals surface area contributed by atoms with E-state index in [1.807, 2.05) is 57.5 Å². The van der Waals surface area contributed by atoms with Crippen LogP contribution < -0.4 is 25.2 Å². The van der Waals surface area contributed by atoms with E-state index in [-0.39, 0.29) is 49.2 Å². The molecule has 0 spiro atoms. The number of hydrogen-bond donors (Lipinski definition) is 2. The minimum absolute atomic E-state index is 0.132. The molecule has 0 saturated carbocycles. The molecule has 2 aliphatic rings. The van der Waals surface area contributed by atoms with Crippen LogP contribution in [-0.4, -0.2) is 101 Å². The van der Waals surface area contributed by atoms with E-state index < -0.39 is 63.7 Å². The van der Waals surface area contributed by atoms with Crippen molar-refractivity contribution in [1.29, 1.82) is 5.26 Å². The van der Waals surface area contributed by atoms with Gasteiger partial charge in [0.25, 0.3) is 5.91 Å². The number of hydrogen-bond acceptors (Lipinski definition) is 12. The summed E-state index contributed by atoms with van der Waals surface area (Å²) in [4.78, 5) is 67.4. The zero-order valence-electron chi connectivity index (χ0n) is 40.0. The van der Waals surface area contributed by atoms with Gasteiger partial charge in [-0.2, -0.15) is 18.4 Å². The van der Waals surface area contributed by atoms with Crippen molar-refractivity contribution >= 4 is 63.7 Å². The van der Waals surface area contributed by atoms with E-state index >= 15 is 4.39 Å². The summed E-state index contributed by atoms with van der Waals surface area (Å²) in [6, 6.07) is 12.6. The lowest BCUT2D eigenvalue weighted by Gasteiger charge is -2.35. The molecular weight excluding hydrogens is 953 g/mol. The van der Waals surface area contributed by atoms with Gasteiger partial charge in [0.15, 0.2) is 10.9 Å². The molecule has 374 valence electrons. The van der Waals surface area contributed by atoms with Gasteiger partial charge in [0.1, 0.15) is 29.8 Å². The predicted molar refractivity (Wildman–Crippen MR) is 258 cm³/mol. The fraction of sp³-hybridized carbons (Fsp3) is 0.469. The highest BCUT2D eigenvalue weighted by Gasteiger charge is 2.52. The number of rotatable bonds is 19. The molecule has 21 heteroatoms. The topological polar surface area (TPSA) is 179 Å². The van der Waals surface area contributed by atoms with Gasteiger partial charge in [-0.25, -0.2) is 14.4 Å². The van der Waals surface area contributed by atoms with E-state index in [1.54, 1.807) is 35.3 Å². The number of ether oxygens (including phenoxy) is 3. The summed E-state index contributed by atoms with van der Waals surface area (Å²) in [6.45, 7) is 13.6. The summed E-state index contributed by atoms with van der Waals surface area (Å²) >= 11 is 7.12. The number of alkyl halides is 3. The number of aromatic nitrogens is 2. The van der Waals surface area contributed by atoms with Crippen LogP contribution in [0, 0.1) is 36.4 Å². The van der Waals surface area contributed by atoms with Crippen LogP contribution in [0.15, 0.2) is 54.0 Å². The Balaban J connectivity index is 0.895. The van der Waals surface area contributed by atoms with Gasteiger partial charge in [-0.15, -0.1) is 11.3 Å². The highest BCUT2D eigenvalue weighted by Crippen LogP contribution is 2.42. The quantitative estimate of drug-likeness (QED) is 0.0530. The molecule has 15 nitrogen and oxygen atoms in total. The number of anilines is 2. The molecule has 2 fully saturated rings. The first-order valence-corrected chi connectivity index (χ1v) is 24.0. The fourth-order valence-electron chi connectivity index (χ4n) is 8.22. The van der Waals surface area contributed by atoms with Crippen LogP contribution in [0.2, 0.25) is 0 Å². The van der Waals surface area contributed by atoms with Crippen molar-refractivity contribution in [1.82, 2.24) is 25.5 Å². The van der Waals surface area contributed by atoms with Crippen molar-refractivity contribution in [3.05, 3.63) is 87.9 Å². The Kier molecular flexibility index (Phi) is 17.0.